The van der Waals surface area contributed by atoms with Crippen molar-refractivity contribution in [1.82, 2.24) is 4.98 Å². The highest BCUT2D eigenvalue weighted by Crippen LogP contribution is 2.31. The van der Waals surface area contributed by atoms with Crippen LogP contribution in [0.2, 0.25) is 0 Å². The van der Waals surface area contributed by atoms with Crippen LogP contribution in [0.3, 0.4) is 0 Å². The van der Waals surface area contributed by atoms with Gasteiger partial charge in [-0.1, -0.05) is 6.07 Å². The maximum Gasteiger partial charge on any atom is 0.167 e. The number of hydrogen-bond acceptors (Lipinski definition) is 4. The molecule has 0 fully saturated rings. The van der Waals surface area contributed by atoms with Crippen LogP contribution in [0, 0.1) is 5.82 Å². The Morgan fingerprint density at radius 3 is 2.71 bits per heavy atom. The summed E-state index contributed by atoms with van der Waals surface area (Å²) in [6.45, 7) is 5.59. The number of rotatable bonds is 6. The summed E-state index contributed by atoms with van der Waals surface area (Å²) >= 11 is 0. The van der Waals surface area contributed by atoms with Crippen molar-refractivity contribution in [3.8, 4) is 5.75 Å². The summed E-state index contributed by atoms with van der Waals surface area (Å²) in [4.78, 5) is 6.35. The number of nitrogen functional groups attached to an aromatic ring is 1. The molecular formula is C16H20FN3O. The zero-order valence-electron chi connectivity index (χ0n) is 12.3. The van der Waals surface area contributed by atoms with E-state index >= 15 is 0 Å². The minimum atomic E-state index is -0.438. The van der Waals surface area contributed by atoms with E-state index in [0.29, 0.717) is 18.8 Å². The number of hydrogen-bond donors (Lipinski definition) is 1. The van der Waals surface area contributed by atoms with Gasteiger partial charge in [0, 0.05) is 24.9 Å². The lowest BCUT2D eigenvalue weighted by atomic mass is 10.2. The number of anilines is 2. The molecule has 4 nitrogen and oxygen atoms in total. The summed E-state index contributed by atoms with van der Waals surface area (Å²) in [5.41, 5.74) is 8.04. The molecule has 0 aliphatic heterocycles. The number of halogens is 1. The van der Waals surface area contributed by atoms with E-state index in [0.717, 1.165) is 17.9 Å². The SMILES string of the molecule is CCOc1cc(N(CC)Cc2ccccn2)c(N)cc1F. The van der Waals surface area contributed by atoms with Gasteiger partial charge >= 0.3 is 0 Å². The average molecular weight is 289 g/mol. The maximum atomic E-state index is 13.8. The van der Waals surface area contributed by atoms with Crippen molar-refractivity contribution < 1.29 is 9.13 Å². The Labute approximate surface area is 124 Å². The molecule has 0 saturated heterocycles. The molecule has 112 valence electrons. The number of pyridine rings is 1. The van der Waals surface area contributed by atoms with Crippen LogP contribution in [0.25, 0.3) is 0 Å². The quantitative estimate of drug-likeness (QED) is 0.830. The third-order valence-corrected chi connectivity index (χ3v) is 3.18. The predicted octanol–water partition coefficient (Wildman–Crippen LogP) is 3.23. The molecule has 0 aliphatic rings. The lowest BCUT2D eigenvalue weighted by molar-refractivity contribution is 0.321. The van der Waals surface area contributed by atoms with Gasteiger partial charge in [0.05, 0.1) is 30.2 Å². The third kappa shape index (κ3) is 3.62. The first-order valence-corrected chi connectivity index (χ1v) is 7.02. The van der Waals surface area contributed by atoms with Crippen LogP contribution in [-0.4, -0.2) is 18.1 Å². The van der Waals surface area contributed by atoms with Gasteiger partial charge in [0.15, 0.2) is 11.6 Å². The maximum absolute atomic E-state index is 13.8. The molecule has 0 atom stereocenters. The molecule has 0 bridgehead atoms. The molecule has 2 rings (SSSR count). The van der Waals surface area contributed by atoms with Crippen molar-refractivity contribution in [3.63, 3.8) is 0 Å². The van der Waals surface area contributed by atoms with E-state index in [9.17, 15) is 4.39 Å². The van der Waals surface area contributed by atoms with Gasteiger partial charge in [-0.2, -0.15) is 0 Å². The Bertz CT molecular complexity index is 590. The van der Waals surface area contributed by atoms with Crippen LogP contribution < -0.4 is 15.4 Å². The topological polar surface area (TPSA) is 51.4 Å². The van der Waals surface area contributed by atoms with Crippen LogP contribution in [0.1, 0.15) is 19.5 Å². The molecule has 1 aromatic heterocycles. The fraction of sp³-hybridized carbons (Fsp3) is 0.312. The normalized spacial score (nSPS) is 10.4. The van der Waals surface area contributed by atoms with Gasteiger partial charge in [-0.05, 0) is 26.0 Å². The molecule has 2 N–H and O–H groups in total. The second kappa shape index (κ2) is 6.92. The summed E-state index contributed by atoms with van der Waals surface area (Å²) in [6, 6.07) is 8.73. The Kier molecular flexibility index (Phi) is 4.98. The molecule has 5 heteroatoms. The Morgan fingerprint density at radius 1 is 1.29 bits per heavy atom. The van der Waals surface area contributed by atoms with Crippen LogP contribution in [0.4, 0.5) is 15.8 Å². The number of benzene rings is 1. The lowest BCUT2D eigenvalue weighted by Crippen LogP contribution is -2.23. The molecule has 1 aromatic carbocycles. The van der Waals surface area contributed by atoms with Gasteiger partial charge in [-0.15, -0.1) is 0 Å². The summed E-state index contributed by atoms with van der Waals surface area (Å²) in [5.74, 6) is -0.215. The smallest absolute Gasteiger partial charge is 0.167 e. The first kappa shape index (κ1) is 15.1. The van der Waals surface area contributed by atoms with E-state index in [2.05, 4.69) is 4.98 Å². The Hall–Kier alpha value is -2.30. The van der Waals surface area contributed by atoms with Gasteiger partial charge in [-0.3, -0.25) is 4.98 Å². The fourth-order valence-electron chi connectivity index (χ4n) is 2.15. The molecule has 0 unspecified atom stereocenters. The van der Waals surface area contributed by atoms with E-state index in [1.54, 1.807) is 12.3 Å². The number of aromatic nitrogens is 1. The van der Waals surface area contributed by atoms with Gasteiger partial charge < -0.3 is 15.4 Å². The average Bonchev–Trinajstić information content (AvgIpc) is 2.49. The summed E-state index contributed by atoms with van der Waals surface area (Å²) in [7, 11) is 0. The van der Waals surface area contributed by atoms with E-state index in [1.165, 1.54) is 6.07 Å². The van der Waals surface area contributed by atoms with E-state index < -0.39 is 5.82 Å². The van der Waals surface area contributed by atoms with E-state index in [1.807, 2.05) is 36.9 Å². The van der Waals surface area contributed by atoms with Crippen molar-refractivity contribution in [2.45, 2.75) is 20.4 Å². The third-order valence-electron chi connectivity index (χ3n) is 3.18. The summed E-state index contributed by atoms with van der Waals surface area (Å²) < 4.78 is 19.1. The molecule has 1 heterocycles. The molecule has 0 radical (unpaired) electrons. The number of nitrogens with two attached hydrogens (primary N) is 1. The largest absolute Gasteiger partial charge is 0.491 e. The lowest BCUT2D eigenvalue weighted by Gasteiger charge is -2.25. The standard InChI is InChI=1S/C16H20FN3O/c1-3-20(11-12-7-5-6-8-19-12)15-10-16(21-4-2)13(17)9-14(15)18/h5-10H,3-4,11,18H2,1-2H3. The van der Waals surface area contributed by atoms with Crippen molar-refractivity contribution in [3.05, 3.63) is 48.0 Å². The second-order valence-electron chi connectivity index (χ2n) is 4.61. The molecule has 0 saturated carbocycles. The van der Waals surface area contributed by atoms with E-state index in [4.69, 9.17) is 10.5 Å². The van der Waals surface area contributed by atoms with Crippen molar-refractivity contribution >= 4 is 11.4 Å². The molecular weight excluding hydrogens is 269 g/mol. The van der Waals surface area contributed by atoms with Crippen LogP contribution in [-0.2, 0) is 6.54 Å². The van der Waals surface area contributed by atoms with Gasteiger partial charge in [0.1, 0.15) is 0 Å². The van der Waals surface area contributed by atoms with Crippen LogP contribution in [0.15, 0.2) is 36.5 Å². The number of nitrogens with zero attached hydrogens (tertiary/aromatic N) is 2. The molecule has 0 amide bonds. The van der Waals surface area contributed by atoms with Crippen LogP contribution >= 0.6 is 0 Å². The zero-order valence-corrected chi connectivity index (χ0v) is 12.3. The molecule has 0 aliphatic carbocycles. The highest BCUT2D eigenvalue weighted by atomic mass is 19.1. The predicted molar refractivity (Wildman–Crippen MR) is 82.9 cm³/mol. The first-order valence-electron chi connectivity index (χ1n) is 7.02. The van der Waals surface area contributed by atoms with Crippen molar-refractivity contribution in [1.29, 1.82) is 0 Å². The molecule has 2 aromatic rings. The summed E-state index contributed by atoms with van der Waals surface area (Å²) in [6.07, 6.45) is 1.75. The molecule has 0 spiro atoms. The molecule has 21 heavy (non-hydrogen) atoms. The first-order chi connectivity index (χ1) is 10.2. The van der Waals surface area contributed by atoms with Gasteiger partial charge in [0.25, 0.3) is 0 Å². The second-order valence-corrected chi connectivity index (χ2v) is 4.61. The highest BCUT2D eigenvalue weighted by Gasteiger charge is 2.14. The monoisotopic (exact) mass is 289 g/mol. The van der Waals surface area contributed by atoms with Gasteiger partial charge in [-0.25, -0.2) is 4.39 Å². The van der Waals surface area contributed by atoms with Gasteiger partial charge in [0.2, 0.25) is 0 Å². The number of ether oxygens (including phenoxy) is 1. The Balaban J connectivity index is 2.31. The fourth-order valence-corrected chi connectivity index (χ4v) is 2.15. The highest BCUT2D eigenvalue weighted by molar-refractivity contribution is 5.70. The van der Waals surface area contributed by atoms with Crippen molar-refractivity contribution in [2.75, 3.05) is 23.8 Å². The summed E-state index contributed by atoms with van der Waals surface area (Å²) in [5, 5.41) is 0. The Morgan fingerprint density at radius 2 is 2.10 bits per heavy atom. The zero-order chi connectivity index (χ0) is 15.2. The minimum absolute atomic E-state index is 0.223. The van der Waals surface area contributed by atoms with Crippen LogP contribution in [0.5, 0.6) is 5.75 Å². The minimum Gasteiger partial charge on any atom is -0.491 e. The van der Waals surface area contributed by atoms with E-state index in [-0.39, 0.29) is 5.75 Å². The van der Waals surface area contributed by atoms with Crippen molar-refractivity contribution in [2.24, 2.45) is 0 Å².